The Balaban J connectivity index is 0.00000722. The summed E-state index contributed by atoms with van der Waals surface area (Å²) in [6.07, 6.45) is -5.16. The van der Waals surface area contributed by atoms with Crippen LogP contribution in [0.2, 0.25) is 0 Å². The normalized spacial score (nSPS) is 13.0. The number of pyridine rings is 2. The molecular formula is C58H56F6N2OPtSe2. The molecule has 0 saturated carbocycles. The summed E-state index contributed by atoms with van der Waals surface area (Å²) in [5.41, 5.74) is 6.42. The number of fused-ring (bicyclic) bond motifs is 2. The maximum atomic E-state index is 13.8. The molecular weight excluding hydrogens is 1210 g/mol. The van der Waals surface area contributed by atoms with Crippen molar-refractivity contribution in [3.8, 4) is 54.0 Å². The maximum Gasteiger partial charge on any atom is 2.00 e. The quantitative estimate of drug-likeness (QED) is 0.0778. The average Bonchev–Trinajstić information content (AvgIpc) is 3.84. The van der Waals surface area contributed by atoms with Crippen molar-refractivity contribution >= 4 is 48.3 Å². The summed E-state index contributed by atoms with van der Waals surface area (Å²) in [6.45, 7) is 21.9. The van der Waals surface area contributed by atoms with Crippen LogP contribution >= 0.6 is 0 Å². The number of aromatic nitrogens is 2. The van der Waals surface area contributed by atoms with Crippen molar-refractivity contribution in [1.29, 1.82) is 0 Å². The zero-order chi connectivity index (χ0) is 50.2. The molecule has 70 heavy (non-hydrogen) atoms. The Morgan fingerprint density at radius 2 is 1.07 bits per heavy atom. The molecule has 0 aliphatic carbocycles. The summed E-state index contributed by atoms with van der Waals surface area (Å²) >= 11 is -0.301. The van der Waals surface area contributed by atoms with E-state index in [2.05, 4.69) is 78.8 Å². The van der Waals surface area contributed by atoms with Crippen LogP contribution < -0.4 is 4.74 Å². The van der Waals surface area contributed by atoms with Crippen LogP contribution in [-0.4, -0.2) is 51.3 Å². The first kappa shape index (κ1) is 53.6. The monoisotopic (exact) mass is 1270 g/mol. The molecule has 3 nitrogen and oxygen atoms in total. The molecule has 0 N–H and O–H groups in total. The fourth-order valence-corrected chi connectivity index (χ4v) is 13.5. The Labute approximate surface area is 434 Å². The van der Waals surface area contributed by atoms with Crippen LogP contribution in [0.15, 0.2) is 97.3 Å². The second-order valence-electron chi connectivity index (χ2n) is 21.6. The molecule has 0 unspecified atom stereocenters. The van der Waals surface area contributed by atoms with Gasteiger partial charge in [-0.3, -0.25) is 0 Å². The third-order valence-electron chi connectivity index (χ3n) is 13.1. The summed E-state index contributed by atoms with van der Waals surface area (Å²) in [5.74, 6) is 1.05. The summed E-state index contributed by atoms with van der Waals surface area (Å²) in [6, 6.07) is 35.0. The van der Waals surface area contributed by atoms with Crippen LogP contribution in [0.4, 0.5) is 26.3 Å². The van der Waals surface area contributed by atoms with Gasteiger partial charge in [0.05, 0.1) is 0 Å². The topological polar surface area (TPSA) is 35.0 Å². The predicted octanol–water partition coefficient (Wildman–Crippen LogP) is 16.4. The van der Waals surface area contributed by atoms with Crippen LogP contribution in [0, 0.1) is 36.8 Å². The molecule has 4 aromatic heterocycles. The molecule has 0 fully saturated rings. The summed E-state index contributed by atoms with van der Waals surface area (Å²) in [5, 5.41) is 2.16. The summed E-state index contributed by atoms with van der Waals surface area (Å²) in [7, 11) is 0. The van der Waals surface area contributed by atoms with Gasteiger partial charge in [0.15, 0.2) is 0 Å². The number of benzene rings is 4. The van der Waals surface area contributed by atoms with Gasteiger partial charge in [-0.1, -0.05) is 0 Å². The molecule has 0 aliphatic heterocycles. The molecule has 0 radical (unpaired) electrons. The molecule has 0 saturated heterocycles. The second kappa shape index (κ2) is 19.3. The molecule has 8 aromatic rings. The van der Waals surface area contributed by atoms with E-state index in [-0.39, 0.29) is 73.7 Å². The Kier molecular flexibility index (Phi) is 14.8. The third-order valence-corrected chi connectivity index (χ3v) is 18.5. The van der Waals surface area contributed by atoms with Crippen LogP contribution in [0.1, 0.15) is 103 Å². The van der Waals surface area contributed by atoms with Crippen LogP contribution in [0.5, 0.6) is 11.5 Å². The van der Waals surface area contributed by atoms with E-state index in [9.17, 15) is 26.3 Å². The summed E-state index contributed by atoms with van der Waals surface area (Å²) in [4.78, 5) is 9.90. The number of alkyl halides is 6. The van der Waals surface area contributed by atoms with Crippen molar-refractivity contribution in [2.75, 3.05) is 0 Å². The first-order valence-corrected chi connectivity index (χ1v) is 26.4. The second-order valence-corrected chi connectivity index (χ2v) is 26.0. The Hall–Kier alpha value is -4.23. The van der Waals surface area contributed by atoms with Gasteiger partial charge in [-0.15, -0.1) is 0 Å². The summed E-state index contributed by atoms with van der Waals surface area (Å²) < 4.78 is 93.8. The van der Waals surface area contributed by atoms with Gasteiger partial charge in [-0.05, 0) is 0 Å². The van der Waals surface area contributed by atoms with Crippen molar-refractivity contribution < 1.29 is 52.1 Å². The van der Waals surface area contributed by atoms with Gasteiger partial charge in [-0.2, -0.15) is 0 Å². The smallest absolute Gasteiger partial charge is 2.00 e. The van der Waals surface area contributed by atoms with E-state index < -0.39 is 23.2 Å². The van der Waals surface area contributed by atoms with Gasteiger partial charge in [0.25, 0.3) is 0 Å². The number of hydrogen-bond acceptors (Lipinski definition) is 3. The van der Waals surface area contributed by atoms with E-state index >= 15 is 0 Å². The first-order chi connectivity index (χ1) is 32.0. The molecule has 4 aromatic carbocycles. The molecule has 8 rings (SSSR count). The number of hydrogen-bond donors (Lipinski definition) is 0. The molecule has 4 heterocycles. The van der Waals surface area contributed by atoms with Gasteiger partial charge >= 0.3 is 437 Å². The van der Waals surface area contributed by atoms with Gasteiger partial charge in [-0.25, -0.2) is 0 Å². The van der Waals surface area contributed by atoms with E-state index in [0.29, 0.717) is 22.6 Å². The van der Waals surface area contributed by atoms with Crippen LogP contribution in [0.25, 0.3) is 61.8 Å². The average molecular weight is 1260 g/mol. The van der Waals surface area contributed by atoms with Crippen molar-refractivity contribution in [3.63, 3.8) is 0 Å². The molecule has 368 valence electrons. The molecule has 12 heteroatoms. The number of rotatable bonds is 10. The van der Waals surface area contributed by atoms with Gasteiger partial charge in [0, 0.05) is 0 Å². The van der Waals surface area contributed by atoms with Gasteiger partial charge in [0.1, 0.15) is 0 Å². The SMILES string of the molecule is Cc1cc(-c2cc3ccnc(-c4[c-]c(Oc5[c-]c(-c6nccc7c(C)c(-c8ccc(CC(C)(C)C(F)(F)F)cc8)[se]c67)cc(C(C)(C)C)c5)cc(C(C)(C)C)c4)c3[se]2)ccc1CC(C)(C)C(F)(F)F.[Pt+2]. The number of aryl methyl sites for hydroxylation is 2. The zero-order valence-electron chi connectivity index (χ0n) is 41.4. The fourth-order valence-electron chi connectivity index (χ4n) is 8.36. The number of ether oxygens (including phenoxy) is 1. The van der Waals surface area contributed by atoms with E-state index in [0.717, 1.165) is 79.6 Å². The molecule has 0 spiro atoms. The maximum absolute atomic E-state index is 13.8. The van der Waals surface area contributed by atoms with Crippen molar-refractivity contribution in [1.82, 2.24) is 9.97 Å². The number of nitrogens with zero attached hydrogens (tertiary/aromatic N) is 2. The van der Waals surface area contributed by atoms with Gasteiger partial charge in [0.2, 0.25) is 0 Å². The van der Waals surface area contributed by atoms with Crippen LogP contribution in [-0.2, 0) is 44.7 Å². The predicted molar refractivity (Wildman–Crippen MR) is 271 cm³/mol. The molecule has 0 bridgehead atoms. The van der Waals surface area contributed by atoms with Crippen molar-refractivity contribution in [3.05, 3.63) is 143 Å². The molecule has 0 aliphatic rings. The standard InChI is InChI=1S/C58H56F6N2OSe2.Pt/c1-33-23-37(17-18-39(33)32-56(11,12)58(62,63)64)47-28-38-19-21-65-48(51(38)68-47)40-24-42(53(3,4)5)29-44(26-40)67-45-27-41(25-43(30-45)54(6,7)8)49-52-46(20-22-66-49)34(2)50(69-52)36-15-13-35(14-16-36)31-55(9,10)57(59,60)61;/h13-25,28-30H,31-32H2,1-12H3;/q-2;+2. The number of halogens is 6. The minimum atomic E-state index is -4.31. The Morgan fingerprint density at radius 1 is 0.557 bits per heavy atom. The van der Waals surface area contributed by atoms with E-state index in [4.69, 9.17) is 14.7 Å². The minimum Gasteiger partial charge on any atom is 2.00 e. The Morgan fingerprint density at radius 3 is 1.60 bits per heavy atom. The van der Waals surface area contributed by atoms with E-state index in [1.807, 2.05) is 86.0 Å². The fraction of sp³-hybridized carbons (Fsp3) is 0.345. The molecule has 0 atom stereocenters. The van der Waals surface area contributed by atoms with E-state index in [1.165, 1.54) is 32.1 Å². The zero-order valence-corrected chi connectivity index (χ0v) is 47.1. The van der Waals surface area contributed by atoms with Crippen molar-refractivity contribution in [2.24, 2.45) is 10.8 Å². The van der Waals surface area contributed by atoms with Crippen LogP contribution in [0.3, 0.4) is 0 Å². The molecule has 0 amide bonds. The Bertz CT molecular complexity index is 3220. The largest absolute Gasteiger partial charge is 2.00 e. The van der Waals surface area contributed by atoms with Crippen molar-refractivity contribution in [2.45, 2.75) is 119 Å². The van der Waals surface area contributed by atoms with E-state index in [1.54, 1.807) is 0 Å². The third kappa shape index (κ3) is 11.1. The minimum absolute atomic E-state index is 0. The van der Waals surface area contributed by atoms with Gasteiger partial charge < -0.3 is 0 Å². The first-order valence-electron chi connectivity index (χ1n) is 22.9.